The summed E-state index contributed by atoms with van der Waals surface area (Å²) >= 11 is 0. The monoisotopic (exact) mass is 233 g/mol. The Morgan fingerprint density at radius 2 is 2.12 bits per heavy atom. The molecule has 3 nitrogen and oxygen atoms in total. The van der Waals surface area contributed by atoms with E-state index in [1.165, 1.54) is 6.07 Å². The first-order valence-corrected chi connectivity index (χ1v) is 5.94. The van der Waals surface area contributed by atoms with Gasteiger partial charge < -0.3 is 10.3 Å². The third-order valence-corrected chi connectivity index (χ3v) is 3.16. The molecule has 0 saturated heterocycles. The zero-order valence-corrected chi connectivity index (χ0v) is 10.1. The molecule has 1 aliphatic rings. The van der Waals surface area contributed by atoms with Crippen molar-refractivity contribution in [3.05, 3.63) is 29.8 Å². The highest BCUT2D eigenvalue weighted by Gasteiger charge is 2.33. The van der Waals surface area contributed by atoms with Gasteiger partial charge in [-0.3, -0.25) is 0 Å². The van der Waals surface area contributed by atoms with Crippen LogP contribution in [0.1, 0.15) is 38.6 Å². The summed E-state index contributed by atoms with van der Waals surface area (Å²) in [7, 11) is 0. The van der Waals surface area contributed by atoms with Gasteiger partial charge in [0.05, 0.1) is 11.1 Å². The maximum absolute atomic E-state index is 13.7. The van der Waals surface area contributed by atoms with E-state index >= 15 is 0 Å². The molecule has 1 saturated carbocycles. The van der Waals surface area contributed by atoms with Crippen LogP contribution in [0.5, 0.6) is 0 Å². The number of hydrogen-bond acceptors (Lipinski definition) is 2. The van der Waals surface area contributed by atoms with E-state index in [0.29, 0.717) is 11.6 Å². The largest absolute Gasteiger partial charge is 0.323 e. The predicted octanol–water partition coefficient (Wildman–Crippen LogP) is 2.70. The van der Waals surface area contributed by atoms with E-state index in [-0.39, 0.29) is 5.82 Å². The molecule has 4 heteroatoms. The zero-order valence-electron chi connectivity index (χ0n) is 10.1. The summed E-state index contributed by atoms with van der Waals surface area (Å²) in [6.07, 6.45) is 2.26. The van der Waals surface area contributed by atoms with Crippen LogP contribution in [0.4, 0.5) is 4.39 Å². The van der Waals surface area contributed by atoms with Crippen LogP contribution in [0.15, 0.2) is 18.2 Å². The van der Waals surface area contributed by atoms with Crippen molar-refractivity contribution in [1.82, 2.24) is 9.55 Å². The van der Waals surface area contributed by atoms with Crippen LogP contribution in [0.2, 0.25) is 0 Å². The van der Waals surface area contributed by atoms with Gasteiger partial charge in [-0.15, -0.1) is 0 Å². The van der Waals surface area contributed by atoms with Crippen LogP contribution in [-0.4, -0.2) is 9.55 Å². The summed E-state index contributed by atoms with van der Waals surface area (Å²) in [5, 5.41) is 0. The molecule has 1 heterocycles. The van der Waals surface area contributed by atoms with Crippen LogP contribution in [-0.2, 0) is 5.54 Å². The van der Waals surface area contributed by atoms with E-state index in [9.17, 15) is 4.39 Å². The summed E-state index contributed by atoms with van der Waals surface area (Å²) in [4.78, 5) is 4.41. The second-order valence-electron chi connectivity index (χ2n) is 5.37. The molecule has 2 aromatic rings. The second-order valence-corrected chi connectivity index (χ2v) is 5.37. The maximum Gasteiger partial charge on any atom is 0.151 e. The molecule has 0 atom stereocenters. The Kier molecular flexibility index (Phi) is 2.08. The topological polar surface area (TPSA) is 43.8 Å². The first kappa shape index (κ1) is 10.7. The van der Waals surface area contributed by atoms with Gasteiger partial charge in [0.25, 0.3) is 0 Å². The van der Waals surface area contributed by atoms with Gasteiger partial charge >= 0.3 is 0 Å². The fourth-order valence-corrected chi connectivity index (χ4v) is 2.24. The van der Waals surface area contributed by atoms with Crippen LogP contribution >= 0.6 is 0 Å². The Morgan fingerprint density at radius 3 is 2.71 bits per heavy atom. The lowest BCUT2D eigenvalue weighted by molar-refractivity contribution is 0.482. The van der Waals surface area contributed by atoms with Crippen LogP contribution in [0.25, 0.3) is 11.0 Å². The lowest BCUT2D eigenvalue weighted by Crippen LogP contribution is -2.32. The molecule has 0 spiro atoms. The van der Waals surface area contributed by atoms with Gasteiger partial charge in [0.1, 0.15) is 11.3 Å². The molecular formula is C13H16FN3. The standard InChI is InChI=1S/C13H16FN3/c1-13(2,15)12-16-11-9(14)4-3-5-10(11)17(12)8-6-7-8/h3-5,8H,6-7,15H2,1-2H3. The molecule has 1 aliphatic carbocycles. The molecule has 0 bridgehead atoms. The van der Waals surface area contributed by atoms with E-state index in [1.807, 2.05) is 19.9 Å². The zero-order chi connectivity index (χ0) is 12.2. The normalized spacial score (nSPS) is 16.7. The van der Waals surface area contributed by atoms with Gasteiger partial charge in [-0.25, -0.2) is 9.37 Å². The maximum atomic E-state index is 13.7. The minimum atomic E-state index is -0.548. The summed E-state index contributed by atoms with van der Waals surface area (Å²) in [6.45, 7) is 3.82. The average Bonchev–Trinajstić information content (AvgIpc) is 2.98. The molecule has 1 aromatic heterocycles. The Balaban J connectivity index is 2.34. The Hall–Kier alpha value is -1.42. The minimum Gasteiger partial charge on any atom is -0.323 e. The number of halogens is 1. The van der Waals surface area contributed by atoms with Crippen LogP contribution in [0, 0.1) is 5.82 Å². The van der Waals surface area contributed by atoms with Gasteiger partial charge in [-0.05, 0) is 38.8 Å². The highest BCUT2D eigenvalue weighted by atomic mass is 19.1. The third-order valence-electron chi connectivity index (χ3n) is 3.16. The van der Waals surface area contributed by atoms with Crippen LogP contribution < -0.4 is 5.73 Å². The quantitative estimate of drug-likeness (QED) is 0.866. The number of fused-ring (bicyclic) bond motifs is 1. The fraction of sp³-hybridized carbons (Fsp3) is 0.462. The number of aromatic nitrogens is 2. The van der Waals surface area contributed by atoms with Crippen molar-refractivity contribution in [2.75, 3.05) is 0 Å². The van der Waals surface area contributed by atoms with Crippen molar-refractivity contribution in [2.24, 2.45) is 5.73 Å². The fourth-order valence-electron chi connectivity index (χ4n) is 2.24. The SMILES string of the molecule is CC(C)(N)c1nc2c(F)cccc2n1C1CC1. The molecule has 2 N–H and O–H groups in total. The van der Waals surface area contributed by atoms with Crippen molar-refractivity contribution < 1.29 is 4.39 Å². The number of nitrogens with zero attached hydrogens (tertiary/aromatic N) is 2. The molecule has 90 valence electrons. The van der Waals surface area contributed by atoms with Gasteiger partial charge in [-0.1, -0.05) is 6.07 Å². The number of hydrogen-bond donors (Lipinski definition) is 1. The number of rotatable bonds is 2. The molecule has 0 aliphatic heterocycles. The van der Waals surface area contributed by atoms with Crippen molar-refractivity contribution in [3.8, 4) is 0 Å². The van der Waals surface area contributed by atoms with Gasteiger partial charge in [0, 0.05) is 6.04 Å². The van der Waals surface area contributed by atoms with E-state index in [1.54, 1.807) is 6.07 Å². The van der Waals surface area contributed by atoms with Crippen LogP contribution in [0.3, 0.4) is 0 Å². The van der Waals surface area contributed by atoms with E-state index in [2.05, 4.69) is 9.55 Å². The molecule has 3 rings (SSSR count). The van der Waals surface area contributed by atoms with Crippen molar-refractivity contribution >= 4 is 11.0 Å². The van der Waals surface area contributed by atoms with Crippen molar-refractivity contribution in [2.45, 2.75) is 38.3 Å². The Bertz CT molecular complexity index is 576. The molecule has 0 amide bonds. The summed E-state index contributed by atoms with van der Waals surface area (Å²) < 4.78 is 15.8. The van der Waals surface area contributed by atoms with E-state index in [4.69, 9.17) is 5.73 Å². The minimum absolute atomic E-state index is 0.271. The molecule has 0 radical (unpaired) electrons. The first-order valence-electron chi connectivity index (χ1n) is 5.94. The smallest absolute Gasteiger partial charge is 0.151 e. The number of imidazole rings is 1. The Labute approximate surface area is 99.4 Å². The van der Waals surface area contributed by atoms with Crippen molar-refractivity contribution in [1.29, 1.82) is 0 Å². The number of benzene rings is 1. The average molecular weight is 233 g/mol. The number of nitrogens with two attached hydrogens (primary N) is 1. The Morgan fingerprint density at radius 1 is 1.41 bits per heavy atom. The predicted molar refractivity (Wildman–Crippen MR) is 65.2 cm³/mol. The third kappa shape index (κ3) is 1.63. The number of para-hydroxylation sites is 1. The van der Waals surface area contributed by atoms with Gasteiger partial charge in [0.2, 0.25) is 0 Å². The van der Waals surface area contributed by atoms with Crippen molar-refractivity contribution in [3.63, 3.8) is 0 Å². The van der Waals surface area contributed by atoms with Gasteiger partial charge in [-0.2, -0.15) is 0 Å². The summed E-state index contributed by atoms with van der Waals surface area (Å²) in [5.74, 6) is 0.507. The summed E-state index contributed by atoms with van der Waals surface area (Å²) in [5.41, 5.74) is 6.88. The lowest BCUT2D eigenvalue weighted by Gasteiger charge is -2.19. The first-order chi connectivity index (χ1) is 7.98. The molecule has 0 unspecified atom stereocenters. The lowest BCUT2D eigenvalue weighted by atomic mass is 10.1. The molecule has 17 heavy (non-hydrogen) atoms. The van der Waals surface area contributed by atoms with E-state index in [0.717, 1.165) is 24.2 Å². The molecule has 1 fully saturated rings. The summed E-state index contributed by atoms with van der Waals surface area (Å²) in [6, 6.07) is 5.53. The van der Waals surface area contributed by atoms with Gasteiger partial charge in [0.15, 0.2) is 5.82 Å². The molecule has 1 aromatic carbocycles. The molecular weight excluding hydrogens is 217 g/mol. The highest BCUT2D eigenvalue weighted by Crippen LogP contribution is 2.40. The highest BCUT2D eigenvalue weighted by molar-refractivity contribution is 5.77. The second kappa shape index (κ2) is 3.29. The van der Waals surface area contributed by atoms with E-state index < -0.39 is 5.54 Å².